The number of likely N-dealkylation sites (N-methyl/N-ethyl adjacent to an activating group) is 1. The average molecular weight is 459 g/mol. The summed E-state index contributed by atoms with van der Waals surface area (Å²) in [6.07, 6.45) is 5.91. The Kier molecular flexibility index (Phi) is 5.35. The molecule has 2 aromatic carbocycles. The van der Waals surface area contributed by atoms with Gasteiger partial charge in [-0.2, -0.15) is 5.10 Å². The Morgan fingerprint density at radius 3 is 2.69 bits per heavy atom. The lowest BCUT2D eigenvalue weighted by atomic mass is 9.98. The number of nitrogens with one attached hydrogen (secondary N) is 2. The number of rotatable bonds is 6. The molecule has 0 bridgehead atoms. The van der Waals surface area contributed by atoms with Crippen LogP contribution < -0.4 is 5.32 Å². The van der Waals surface area contributed by atoms with Crippen molar-refractivity contribution in [2.75, 3.05) is 13.6 Å². The molecule has 6 aromatic rings. The van der Waals surface area contributed by atoms with Crippen LogP contribution in [0.1, 0.15) is 5.69 Å². The van der Waals surface area contributed by atoms with Crippen molar-refractivity contribution in [3.8, 4) is 33.6 Å². The van der Waals surface area contributed by atoms with Crippen LogP contribution in [0.3, 0.4) is 0 Å². The molecule has 4 heterocycles. The molecule has 4 aromatic heterocycles. The monoisotopic (exact) mass is 458 g/mol. The molecule has 172 valence electrons. The van der Waals surface area contributed by atoms with Crippen LogP contribution in [-0.4, -0.2) is 38.3 Å². The lowest BCUT2D eigenvalue weighted by molar-refractivity contribution is 0.585. The Bertz CT molecular complexity index is 1660. The van der Waals surface area contributed by atoms with Gasteiger partial charge in [0.25, 0.3) is 0 Å². The normalized spacial score (nSPS) is 11.5. The molecule has 6 rings (SSSR count). The fraction of sp³-hybridized carbons (Fsp3) is 0.138. The fourth-order valence-corrected chi connectivity index (χ4v) is 4.62. The molecule has 0 radical (unpaired) electrons. The second kappa shape index (κ2) is 8.81. The molecule has 0 aliphatic rings. The van der Waals surface area contributed by atoms with Gasteiger partial charge >= 0.3 is 0 Å². The second-order valence-corrected chi connectivity index (χ2v) is 8.81. The molecule has 0 spiro atoms. The molecule has 0 aliphatic carbocycles. The van der Waals surface area contributed by atoms with Crippen LogP contribution in [0, 0.1) is 6.92 Å². The van der Waals surface area contributed by atoms with E-state index < -0.39 is 0 Å². The van der Waals surface area contributed by atoms with E-state index in [1.165, 1.54) is 5.39 Å². The molecule has 0 amide bonds. The van der Waals surface area contributed by atoms with E-state index in [-0.39, 0.29) is 0 Å². The highest BCUT2D eigenvalue weighted by Crippen LogP contribution is 2.39. The van der Waals surface area contributed by atoms with Crippen LogP contribution >= 0.6 is 0 Å². The topological polar surface area (TPSA) is 71.4 Å². The van der Waals surface area contributed by atoms with Crippen molar-refractivity contribution in [1.82, 2.24) is 30.0 Å². The van der Waals surface area contributed by atoms with E-state index in [0.29, 0.717) is 0 Å². The summed E-state index contributed by atoms with van der Waals surface area (Å²) in [7, 11) is 1.95. The minimum atomic E-state index is 0.831. The summed E-state index contributed by atoms with van der Waals surface area (Å²) >= 11 is 0. The number of pyridine rings is 2. The van der Waals surface area contributed by atoms with Gasteiger partial charge in [0.1, 0.15) is 0 Å². The average Bonchev–Trinajstić information content (AvgIpc) is 3.52. The Labute approximate surface area is 203 Å². The number of aryl methyl sites for hydroxylation is 1. The van der Waals surface area contributed by atoms with Gasteiger partial charge < -0.3 is 10.3 Å². The molecule has 0 saturated carbocycles. The number of aromatic amines is 1. The van der Waals surface area contributed by atoms with E-state index in [2.05, 4.69) is 82.3 Å². The van der Waals surface area contributed by atoms with E-state index in [9.17, 15) is 0 Å². The number of para-hydroxylation sites is 1. The molecule has 0 aliphatic heterocycles. The number of benzene rings is 2. The molecule has 6 heteroatoms. The molecule has 2 N–H and O–H groups in total. The number of H-pyrrole nitrogens is 1. The predicted molar refractivity (Wildman–Crippen MR) is 142 cm³/mol. The van der Waals surface area contributed by atoms with Crippen molar-refractivity contribution < 1.29 is 0 Å². The first kappa shape index (κ1) is 21.3. The first-order chi connectivity index (χ1) is 17.2. The van der Waals surface area contributed by atoms with Crippen molar-refractivity contribution in [2.45, 2.75) is 13.5 Å². The minimum Gasteiger partial charge on any atom is -0.353 e. The molecule has 6 nitrogen and oxygen atoms in total. The van der Waals surface area contributed by atoms with Gasteiger partial charge in [-0.05, 0) is 55.9 Å². The molecule has 35 heavy (non-hydrogen) atoms. The van der Waals surface area contributed by atoms with Gasteiger partial charge in [-0.3, -0.25) is 14.6 Å². The van der Waals surface area contributed by atoms with Crippen LogP contribution in [0.15, 0.2) is 85.3 Å². The lowest BCUT2D eigenvalue weighted by Crippen LogP contribution is -2.14. The molecule has 0 saturated heterocycles. The highest BCUT2D eigenvalue weighted by atomic mass is 15.3. The van der Waals surface area contributed by atoms with Crippen LogP contribution in [0.25, 0.3) is 55.4 Å². The maximum absolute atomic E-state index is 4.81. The standard InChI is InChI=1S/C29H26N6/c1-19-6-5-9-27(33-19)29-28(24-7-3-4-8-26(24)34-29)20-10-11-25-21(14-20)15-22(16-31-25)23-17-32-35(18-23)13-12-30-2/h3-11,14-18,30,34H,12-13H2,1-2H3. The highest BCUT2D eigenvalue weighted by Gasteiger charge is 2.16. The Balaban J connectivity index is 1.48. The quantitative estimate of drug-likeness (QED) is 0.329. The first-order valence-corrected chi connectivity index (χ1v) is 11.8. The Morgan fingerprint density at radius 2 is 1.80 bits per heavy atom. The highest BCUT2D eigenvalue weighted by molar-refractivity contribution is 6.04. The predicted octanol–water partition coefficient (Wildman–Crippen LogP) is 5.84. The Morgan fingerprint density at radius 1 is 0.914 bits per heavy atom. The van der Waals surface area contributed by atoms with E-state index in [1.54, 1.807) is 0 Å². The van der Waals surface area contributed by atoms with E-state index in [1.807, 2.05) is 37.1 Å². The smallest absolute Gasteiger partial charge is 0.0874 e. The van der Waals surface area contributed by atoms with Crippen molar-refractivity contribution in [3.05, 3.63) is 91.0 Å². The third-order valence-electron chi connectivity index (χ3n) is 6.38. The van der Waals surface area contributed by atoms with E-state index >= 15 is 0 Å². The summed E-state index contributed by atoms with van der Waals surface area (Å²) in [6.45, 7) is 3.73. The molecule has 0 unspecified atom stereocenters. The van der Waals surface area contributed by atoms with Gasteiger partial charge in [0.05, 0.1) is 29.6 Å². The first-order valence-electron chi connectivity index (χ1n) is 11.8. The maximum atomic E-state index is 4.81. The zero-order valence-electron chi connectivity index (χ0n) is 19.8. The zero-order chi connectivity index (χ0) is 23.8. The summed E-state index contributed by atoms with van der Waals surface area (Å²) in [5, 5.41) is 9.93. The number of hydrogen-bond acceptors (Lipinski definition) is 4. The SMILES string of the molecule is CNCCn1cc(-c2cnc3ccc(-c4c(-c5cccc(C)n5)[nH]c5ccccc45)cc3c2)cn1. The van der Waals surface area contributed by atoms with Crippen LogP contribution in [0.4, 0.5) is 0 Å². The van der Waals surface area contributed by atoms with E-state index in [0.717, 1.165) is 68.8 Å². The summed E-state index contributed by atoms with van der Waals surface area (Å²) in [5.41, 5.74) is 9.46. The summed E-state index contributed by atoms with van der Waals surface area (Å²) < 4.78 is 1.96. The van der Waals surface area contributed by atoms with Gasteiger partial charge in [-0.15, -0.1) is 0 Å². The third-order valence-corrected chi connectivity index (χ3v) is 6.38. The fourth-order valence-electron chi connectivity index (χ4n) is 4.62. The zero-order valence-corrected chi connectivity index (χ0v) is 19.8. The van der Waals surface area contributed by atoms with Gasteiger partial charge in [0, 0.05) is 57.6 Å². The third kappa shape index (κ3) is 3.98. The second-order valence-electron chi connectivity index (χ2n) is 8.81. The van der Waals surface area contributed by atoms with Gasteiger partial charge in [-0.25, -0.2) is 0 Å². The van der Waals surface area contributed by atoms with Crippen LogP contribution in [0.2, 0.25) is 0 Å². The maximum Gasteiger partial charge on any atom is 0.0874 e. The summed E-state index contributed by atoms with van der Waals surface area (Å²) in [6, 6.07) is 23.2. The van der Waals surface area contributed by atoms with Crippen LogP contribution in [0.5, 0.6) is 0 Å². The number of aromatic nitrogens is 5. The van der Waals surface area contributed by atoms with Crippen molar-refractivity contribution in [3.63, 3.8) is 0 Å². The minimum absolute atomic E-state index is 0.831. The van der Waals surface area contributed by atoms with Crippen LogP contribution in [-0.2, 0) is 6.54 Å². The van der Waals surface area contributed by atoms with E-state index in [4.69, 9.17) is 9.97 Å². The molecule has 0 fully saturated rings. The molecular weight excluding hydrogens is 432 g/mol. The van der Waals surface area contributed by atoms with Crippen molar-refractivity contribution in [1.29, 1.82) is 0 Å². The van der Waals surface area contributed by atoms with Crippen molar-refractivity contribution >= 4 is 21.8 Å². The number of hydrogen-bond donors (Lipinski definition) is 2. The van der Waals surface area contributed by atoms with Gasteiger partial charge in [-0.1, -0.05) is 30.3 Å². The number of fused-ring (bicyclic) bond motifs is 2. The lowest BCUT2D eigenvalue weighted by Gasteiger charge is -2.08. The Hall–Kier alpha value is -4.29. The molecule has 0 atom stereocenters. The van der Waals surface area contributed by atoms with Gasteiger partial charge in [0.2, 0.25) is 0 Å². The summed E-state index contributed by atoms with van der Waals surface area (Å²) in [4.78, 5) is 13.2. The van der Waals surface area contributed by atoms with Crippen molar-refractivity contribution in [2.24, 2.45) is 0 Å². The molecular formula is C29H26N6. The van der Waals surface area contributed by atoms with Gasteiger partial charge in [0.15, 0.2) is 0 Å². The number of nitrogens with zero attached hydrogens (tertiary/aromatic N) is 4. The largest absolute Gasteiger partial charge is 0.353 e. The summed E-state index contributed by atoms with van der Waals surface area (Å²) in [5.74, 6) is 0.